The van der Waals surface area contributed by atoms with Crippen LogP contribution in [0.25, 0.3) is 0 Å². The molecule has 1 aliphatic carbocycles. The zero-order valence-electron chi connectivity index (χ0n) is 18.0. The highest BCUT2D eigenvalue weighted by atomic mass is 35.5. The molecular formula is C25H22ClN3O3S. The fourth-order valence-electron chi connectivity index (χ4n) is 4.42. The number of Topliss-reactive ketones (excluding diaryl/α,β-unsaturated/α-hetero) is 1. The van der Waals surface area contributed by atoms with Crippen LogP contribution in [0.3, 0.4) is 0 Å². The minimum atomic E-state index is -0.488. The van der Waals surface area contributed by atoms with E-state index >= 15 is 0 Å². The molecule has 0 saturated heterocycles. The molecule has 1 aliphatic heterocycles. The summed E-state index contributed by atoms with van der Waals surface area (Å²) < 4.78 is 5.40. The van der Waals surface area contributed by atoms with Crippen molar-refractivity contribution in [2.24, 2.45) is 0 Å². The summed E-state index contributed by atoms with van der Waals surface area (Å²) in [6.45, 7) is 0. The van der Waals surface area contributed by atoms with Crippen LogP contribution in [0.1, 0.15) is 41.9 Å². The molecule has 8 heteroatoms. The number of nitrogens with zero attached hydrogens (tertiary/aromatic N) is 1. The summed E-state index contributed by atoms with van der Waals surface area (Å²) in [5.41, 5.74) is 3.52. The Morgan fingerprint density at radius 2 is 2.00 bits per heavy atom. The maximum Gasteiger partial charge on any atom is 0.257 e. The number of fused-ring (bicyclic) bond motifs is 1. The van der Waals surface area contributed by atoms with Crippen LogP contribution in [0.15, 0.2) is 69.8 Å². The number of halogens is 1. The highest BCUT2D eigenvalue weighted by molar-refractivity contribution is 7.98. The number of hydrogen-bond acceptors (Lipinski definition) is 6. The molecule has 0 fully saturated rings. The third-order valence-electron chi connectivity index (χ3n) is 5.99. The number of anilines is 1. The van der Waals surface area contributed by atoms with Crippen molar-refractivity contribution in [2.45, 2.75) is 36.1 Å². The zero-order chi connectivity index (χ0) is 22.9. The van der Waals surface area contributed by atoms with E-state index < -0.39 is 5.92 Å². The minimum Gasteiger partial charge on any atom is -0.497 e. The van der Waals surface area contributed by atoms with Crippen molar-refractivity contribution in [3.8, 4) is 5.75 Å². The van der Waals surface area contributed by atoms with E-state index in [0.717, 1.165) is 29.7 Å². The number of thioether (sulfide) groups is 1. The van der Waals surface area contributed by atoms with E-state index in [1.165, 1.54) is 11.8 Å². The van der Waals surface area contributed by atoms with E-state index in [1.807, 2.05) is 48.5 Å². The summed E-state index contributed by atoms with van der Waals surface area (Å²) in [6.07, 6.45) is 2.01. The van der Waals surface area contributed by atoms with Gasteiger partial charge in [0.05, 0.1) is 12.7 Å². The van der Waals surface area contributed by atoms with E-state index in [2.05, 4.69) is 10.3 Å². The van der Waals surface area contributed by atoms with E-state index in [9.17, 15) is 9.59 Å². The molecule has 0 radical (unpaired) electrons. The predicted molar refractivity (Wildman–Crippen MR) is 130 cm³/mol. The highest BCUT2D eigenvalue weighted by Crippen LogP contribution is 2.44. The molecule has 1 unspecified atom stereocenters. The van der Waals surface area contributed by atoms with Crippen LogP contribution in [-0.4, -0.2) is 22.9 Å². The average molecular weight is 480 g/mol. The van der Waals surface area contributed by atoms with E-state index in [1.54, 1.807) is 7.11 Å². The number of aromatic nitrogens is 2. The van der Waals surface area contributed by atoms with Crippen LogP contribution >= 0.6 is 23.4 Å². The Bertz CT molecular complexity index is 1330. The summed E-state index contributed by atoms with van der Waals surface area (Å²) in [4.78, 5) is 34.0. The largest absolute Gasteiger partial charge is 0.497 e. The maximum absolute atomic E-state index is 13.3. The summed E-state index contributed by atoms with van der Waals surface area (Å²) in [5, 5.41) is 4.48. The highest BCUT2D eigenvalue weighted by Gasteiger charge is 2.38. The number of rotatable bonds is 5. The summed E-state index contributed by atoms with van der Waals surface area (Å²) in [6, 6.07) is 15.1. The van der Waals surface area contributed by atoms with Gasteiger partial charge in [-0.1, -0.05) is 53.7 Å². The predicted octanol–water partition coefficient (Wildman–Crippen LogP) is 5.29. The summed E-state index contributed by atoms with van der Waals surface area (Å²) in [7, 11) is 1.60. The minimum absolute atomic E-state index is 0.0683. The number of allylic oxidation sites excluding steroid dienone is 2. The van der Waals surface area contributed by atoms with Crippen LogP contribution in [0.5, 0.6) is 5.75 Å². The second-order valence-corrected chi connectivity index (χ2v) is 9.39. The summed E-state index contributed by atoms with van der Waals surface area (Å²) in [5.74, 6) is 1.33. The van der Waals surface area contributed by atoms with Crippen molar-refractivity contribution in [2.75, 3.05) is 12.4 Å². The normalized spacial score (nSPS) is 17.3. The molecule has 0 amide bonds. The fourth-order valence-corrected chi connectivity index (χ4v) is 5.57. The number of nitrogens with one attached hydrogen (secondary N) is 2. The van der Waals surface area contributed by atoms with E-state index in [0.29, 0.717) is 45.1 Å². The van der Waals surface area contributed by atoms with Gasteiger partial charge in [-0.2, -0.15) is 0 Å². The smallest absolute Gasteiger partial charge is 0.257 e. The van der Waals surface area contributed by atoms with Crippen LogP contribution in [0.2, 0.25) is 5.02 Å². The molecule has 1 aromatic heterocycles. The number of hydrogen-bond donors (Lipinski definition) is 2. The lowest BCUT2D eigenvalue weighted by Gasteiger charge is -2.32. The second kappa shape index (κ2) is 9.08. The van der Waals surface area contributed by atoms with Gasteiger partial charge in [-0.3, -0.25) is 9.59 Å². The van der Waals surface area contributed by atoms with Gasteiger partial charge in [0.25, 0.3) is 5.56 Å². The van der Waals surface area contributed by atoms with Gasteiger partial charge in [-0.05, 0) is 42.2 Å². The third kappa shape index (κ3) is 4.18. The Hall–Kier alpha value is -3.03. The fraction of sp³-hybridized carbons (Fsp3) is 0.240. The van der Waals surface area contributed by atoms with Crippen LogP contribution in [-0.2, 0) is 10.5 Å². The first kappa shape index (κ1) is 21.8. The number of benzene rings is 2. The number of ether oxygens (including phenoxy) is 1. The third-order valence-corrected chi connectivity index (χ3v) is 7.28. The number of aromatic amines is 1. The Labute approximate surface area is 200 Å². The van der Waals surface area contributed by atoms with Crippen molar-refractivity contribution in [3.63, 3.8) is 0 Å². The summed E-state index contributed by atoms with van der Waals surface area (Å²) >= 11 is 7.69. The standard InChI is InChI=1S/C25H22ClN3O3S/c1-32-16-8-4-7-14(12-16)20-21-18(10-5-11-19(21)30)27-23-22(20)24(31)29-25(28-23)33-13-15-6-2-3-9-17(15)26/h2-4,6-9,12,20H,5,10-11,13H2,1H3,(H2,27,28,29,31). The number of carbonyl (C=O) groups excluding carboxylic acids is 1. The molecule has 3 aromatic rings. The first-order valence-corrected chi connectivity index (χ1v) is 12.1. The van der Waals surface area contributed by atoms with Gasteiger partial charge in [-0.15, -0.1) is 0 Å². The maximum atomic E-state index is 13.3. The molecule has 168 valence electrons. The van der Waals surface area contributed by atoms with Crippen LogP contribution < -0.4 is 15.6 Å². The van der Waals surface area contributed by atoms with Gasteiger partial charge in [-0.25, -0.2) is 4.98 Å². The molecule has 2 heterocycles. The molecule has 6 nitrogen and oxygen atoms in total. The average Bonchev–Trinajstić information content (AvgIpc) is 2.82. The van der Waals surface area contributed by atoms with Gasteiger partial charge < -0.3 is 15.0 Å². The SMILES string of the molecule is COc1cccc(C2C3=C(CCCC3=O)Nc3nc(SCc4ccccc4Cl)[nH]c(=O)c32)c1. The van der Waals surface area contributed by atoms with Crippen molar-refractivity contribution in [3.05, 3.63) is 91.9 Å². The second-order valence-electron chi connectivity index (χ2n) is 8.02. The van der Waals surface area contributed by atoms with Crippen molar-refractivity contribution < 1.29 is 9.53 Å². The Kier molecular flexibility index (Phi) is 6.00. The molecule has 5 rings (SSSR count). The molecule has 2 aliphatic rings. The first-order valence-electron chi connectivity index (χ1n) is 10.7. The molecule has 2 N–H and O–H groups in total. The molecule has 0 saturated carbocycles. The van der Waals surface area contributed by atoms with Crippen LogP contribution in [0, 0.1) is 0 Å². The van der Waals surface area contributed by atoms with Gasteiger partial charge >= 0.3 is 0 Å². The zero-order valence-corrected chi connectivity index (χ0v) is 19.6. The molecule has 2 aromatic carbocycles. The van der Waals surface area contributed by atoms with Crippen LogP contribution in [0.4, 0.5) is 5.82 Å². The molecule has 0 bridgehead atoms. The lowest BCUT2D eigenvalue weighted by Crippen LogP contribution is -2.32. The Balaban J connectivity index is 1.57. The first-order chi connectivity index (χ1) is 16.0. The van der Waals surface area contributed by atoms with E-state index in [4.69, 9.17) is 21.3 Å². The quantitative estimate of drug-likeness (QED) is 0.382. The number of H-pyrrole nitrogens is 1. The monoisotopic (exact) mass is 479 g/mol. The molecular weight excluding hydrogens is 458 g/mol. The van der Waals surface area contributed by atoms with Gasteiger partial charge in [0.2, 0.25) is 0 Å². The molecule has 0 spiro atoms. The van der Waals surface area contributed by atoms with Gasteiger partial charge in [0.1, 0.15) is 11.6 Å². The Morgan fingerprint density at radius 1 is 1.15 bits per heavy atom. The molecule has 33 heavy (non-hydrogen) atoms. The van der Waals surface area contributed by atoms with Gasteiger partial charge in [0, 0.05) is 34.4 Å². The van der Waals surface area contributed by atoms with Crippen molar-refractivity contribution in [1.29, 1.82) is 0 Å². The molecule has 1 atom stereocenters. The lowest BCUT2D eigenvalue weighted by molar-refractivity contribution is -0.116. The number of ketones is 1. The lowest BCUT2D eigenvalue weighted by atomic mass is 9.76. The van der Waals surface area contributed by atoms with Crippen molar-refractivity contribution in [1.82, 2.24) is 9.97 Å². The topological polar surface area (TPSA) is 84.1 Å². The van der Waals surface area contributed by atoms with Crippen molar-refractivity contribution >= 4 is 35.0 Å². The number of methoxy groups -OCH3 is 1. The Morgan fingerprint density at radius 3 is 2.82 bits per heavy atom. The van der Waals surface area contributed by atoms with Gasteiger partial charge in [0.15, 0.2) is 10.9 Å². The van der Waals surface area contributed by atoms with E-state index in [-0.39, 0.29) is 11.3 Å². The number of carbonyl (C=O) groups is 1.